The van der Waals surface area contributed by atoms with Gasteiger partial charge in [0.15, 0.2) is 0 Å². The van der Waals surface area contributed by atoms with Gasteiger partial charge in [0.2, 0.25) is 0 Å². The molecule has 0 radical (unpaired) electrons. The number of para-hydroxylation sites is 3. The predicted octanol–water partition coefficient (Wildman–Crippen LogP) is 7.93. The smallest absolute Gasteiger partial charge is 0.135 e. The maximum absolute atomic E-state index is 10.1. The quantitative estimate of drug-likeness (QED) is 0.170. The van der Waals surface area contributed by atoms with Gasteiger partial charge in [-0.2, -0.15) is 18.0 Å². The molecule has 6 aromatic rings. The second-order valence-corrected chi connectivity index (χ2v) is 9.90. The minimum Gasteiger partial charge on any atom is -0.509 e. The van der Waals surface area contributed by atoms with Gasteiger partial charge in [-0.15, -0.1) is 36.0 Å². The Hall–Kier alpha value is -4.59. The van der Waals surface area contributed by atoms with E-state index in [0.29, 0.717) is 23.1 Å². The maximum atomic E-state index is 10.1. The normalized spacial score (nSPS) is 12.4. The predicted molar refractivity (Wildman–Crippen MR) is 158 cm³/mol. The molecule has 204 valence electrons. The zero-order chi connectivity index (χ0) is 27.2. The van der Waals surface area contributed by atoms with Crippen LogP contribution in [0.25, 0.3) is 27.6 Å². The first kappa shape index (κ1) is 26.6. The van der Waals surface area contributed by atoms with Crippen LogP contribution in [0.5, 0.6) is 11.5 Å². The van der Waals surface area contributed by atoms with Crippen molar-refractivity contribution in [3.63, 3.8) is 0 Å². The van der Waals surface area contributed by atoms with Crippen LogP contribution in [0.1, 0.15) is 19.4 Å². The Kier molecular flexibility index (Phi) is 6.99. The van der Waals surface area contributed by atoms with Gasteiger partial charge >= 0.3 is 0 Å². The van der Waals surface area contributed by atoms with Crippen LogP contribution in [-0.2, 0) is 21.1 Å². The van der Waals surface area contributed by atoms with Crippen molar-refractivity contribution in [2.75, 3.05) is 9.80 Å². The van der Waals surface area contributed by atoms with Gasteiger partial charge in [-0.1, -0.05) is 47.3 Å². The SMILES string of the molecule is CC(C)N1[CH-]N(c2[c-]c(Oc3[c-]c4c(c(C#N)c3)c3ccccc3n4-c3ccccn3)ccc2)c2ccccc21.[Pt]. The van der Waals surface area contributed by atoms with Crippen LogP contribution >= 0.6 is 0 Å². The molecule has 0 bridgehead atoms. The maximum Gasteiger partial charge on any atom is 0.135 e. The number of aromatic nitrogens is 2. The molecule has 0 amide bonds. The summed E-state index contributed by atoms with van der Waals surface area (Å²) in [5.41, 5.74) is 5.30. The fourth-order valence-corrected chi connectivity index (χ4v) is 5.35. The number of nitriles is 1. The molecule has 0 aliphatic carbocycles. The second kappa shape index (κ2) is 10.8. The average molecular weight is 714 g/mol. The van der Waals surface area contributed by atoms with Crippen LogP contribution in [0.3, 0.4) is 0 Å². The molecule has 1 aliphatic rings. The Balaban J connectivity index is 0.00000302. The minimum atomic E-state index is 0. The van der Waals surface area contributed by atoms with Crippen molar-refractivity contribution in [1.29, 1.82) is 5.26 Å². The molecular formula is C34H24N5OPt-3. The molecule has 41 heavy (non-hydrogen) atoms. The monoisotopic (exact) mass is 713 g/mol. The van der Waals surface area contributed by atoms with Gasteiger partial charge in [0, 0.05) is 55.7 Å². The van der Waals surface area contributed by atoms with Crippen LogP contribution in [0.15, 0.2) is 97.2 Å². The number of pyridine rings is 1. The molecule has 0 saturated heterocycles. The fraction of sp³-hybridized carbons (Fsp3) is 0.0882. The van der Waals surface area contributed by atoms with Crippen LogP contribution < -0.4 is 14.5 Å². The number of ether oxygens (including phenoxy) is 1. The summed E-state index contributed by atoms with van der Waals surface area (Å²) in [5.74, 6) is 1.72. The van der Waals surface area contributed by atoms with Gasteiger partial charge < -0.3 is 19.1 Å². The molecule has 0 unspecified atom stereocenters. The number of nitrogens with zero attached hydrogens (tertiary/aromatic N) is 5. The van der Waals surface area contributed by atoms with E-state index >= 15 is 0 Å². The summed E-state index contributed by atoms with van der Waals surface area (Å²) < 4.78 is 8.35. The van der Waals surface area contributed by atoms with Crippen LogP contribution in [0, 0.1) is 30.1 Å². The Morgan fingerprint density at radius 3 is 2.44 bits per heavy atom. The van der Waals surface area contributed by atoms with Crippen molar-refractivity contribution >= 4 is 38.9 Å². The van der Waals surface area contributed by atoms with E-state index in [0.717, 1.165) is 44.7 Å². The molecule has 3 heterocycles. The summed E-state index contributed by atoms with van der Waals surface area (Å²) in [7, 11) is 0. The van der Waals surface area contributed by atoms with E-state index in [9.17, 15) is 5.26 Å². The topological polar surface area (TPSA) is 57.3 Å². The molecule has 0 atom stereocenters. The van der Waals surface area contributed by atoms with Crippen LogP contribution in [-0.4, -0.2) is 15.6 Å². The summed E-state index contributed by atoms with van der Waals surface area (Å²) in [6, 6.07) is 39.2. The standard InChI is InChI=1S/C34H24N5O.Pt/c1-23(2)37-22-38(31-15-6-5-14-30(31)37)25-10-9-11-26(19-25)40-27-18-24(21-35)34-28-12-3-4-13-29(28)39(32(34)20-27)33-16-7-8-17-36-33;/h3-18,22-23H,1-2H3;/q-3;. The zero-order valence-corrected chi connectivity index (χ0v) is 24.6. The van der Waals surface area contributed by atoms with Crippen molar-refractivity contribution in [2.24, 2.45) is 0 Å². The summed E-state index contributed by atoms with van der Waals surface area (Å²) >= 11 is 0. The van der Waals surface area contributed by atoms with Crippen molar-refractivity contribution in [1.82, 2.24) is 9.55 Å². The van der Waals surface area contributed by atoms with E-state index in [1.54, 1.807) is 12.3 Å². The van der Waals surface area contributed by atoms with E-state index in [2.05, 4.69) is 71.7 Å². The Morgan fingerprint density at radius 2 is 1.66 bits per heavy atom. The van der Waals surface area contributed by atoms with E-state index in [4.69, 9.17) is 4.74 Å². The summed E-state index contributed by atoms with van der Waals surface area (Å²) in [5, 5.41) is 11.9. The summed E-state index contributed by atoms with van der Waals surface area (Å²) in [6.45, 7) is 6.44. The third-order valence-electron chi connectivity index (χ3n) is 7.11. The molecule has 1 aliphatic heterocycles. The van der Waals surface area contributed by atoms with Crippen molar-refractivity contribution in [3.8, 4) is 23.4 Å². The first-order valence-electron chi connectivity index (χ1n) is 13.1. The van der Waals surface area contributed by atoms with Gasteiger partial charge in [-0.25, -0.2) is 4.98 Å². The first-order chi connectivity index (χ1) is 19.6. The first-order valence-corrected chi connectivity index (χ1v) is 13.1. The Bertz CT molecular complexity index is 1930. The second-order valence-electron chi connectivity index (χ2n) is 9.90. The van der Waals surface area contributed by atoms with E-state index in [-0.39, 0.29) is 21.1 Å². The largest absolute Gasteiger partial charge is 0.509 e. The number of benzene rings is 4. The number of hydrogen-bond donors (Lipinski definition) is 0. The molecular weight excluding hydrogens is 689 g/mol. The Morgan fingerprint density at radius 1 is 0.878 bits per heavy atom. The number of anilines is 3. The molecule has 0 saturated carbocycles. The molecule has 0 N–H and O–H groups in total. The fourth-order valence-electron chi connectivity index (χ4n) is 5.35. The van der Waals surface area contributed by atoms with Crippen molar-refractivity contribution in [2.45, 2.75) is 19.9 Å². The third-order valence-corrected chi connectivity index (χ3v) is 7.11. The molecule has 6 nitrogen and oxygen atoms in total. The average Bonchev–Trinajstić information content (AvgIpc) is 3.54. The van der Waals surface area contributed by atoms with Crippen LogP contribution in [0.4, 0.5) is 17.1 Å². The number of fused-ring (bicyclic) bond motifs is 4. The summed E-state index contributed by atoms with van der Waals surface area (Å²) in [6.07, 6.45) is 1.76. The van der Waals surface area contributed by atoms with E-state index in [1.807, 2.05) is 71.3 Å². The molecule has 0 fully saturated rings. The number of hydrogen-bond acceptors (Lipinski definition) is 5. The van der Waals surface area contributed by atoms with E-state index in [1.165, 1.54) is 0 Å². The van der Waals surface area contributed by atoms with Gasteiger partial charge in [0.1, 0.15) is 5.82 Å². The van der Waals surface area contributed by atoms with Crippen molar-refractivity contribution in [3.05, 3.63) is 122 Å². The van der Waals surface area contributed by atoms with Gasteiger partial charge in [-0.3, -0.25) is 0 Å². The summed E-state index contributed by atoms with van der Waals surface area (Å²) in [4.78, 5) is 8.95. The van der Waals surface area contributed by atoms with Crippen molar-refractivity contribution < 1.29 is 25.8 Å². The third kappa shape index (κ3) is 4.53. The van der Waals surface area contributed by atoms with E-state index < -0.39 is 0 Å². The number of rotatable bonds is 5. The van der Waals surface area contributed by atoms with Crippen LogP contribution in [0.2, 0.25) is 0 Å². The van der Waals surface area contributed by atoms with Gasteiger partial charge in [-0.05, 0) is 61.2 Å². The molecule has 7 heteroatoms. The molecule has 2 aromatic heterocycles. The zero-order valence-electron chi connectivity index (χ0n) is 22.4. The minimum absolute atomic E-state index is 0. The molecule has 7 rings (SSSR count). The van der Waals surface area contributed by atoms with Gasteiger partial charge in [0.25, 0.3) is 0 Å². The molecule has 0 spiro atoms. The Labute approximate surface area is 253 Å². The van der Waals surface area contributed by atoms with Gasteiger partial charge in [0.05, 0.1) is 6.07 Å². The molecule has 4 aromatic carbocycles.